The first-order chi connectivity index (χ1) is 19.8. The van der Waals surface area contributed by atoms with Gasteiger partial charge in [-0.05, 0) is 110 Å². The zero-order valence-electron chi connectivity index (χ0n) is 25.8. The molecule has 3 fully saturated rings. The third-order valence-corrected chi connectivity index (χ3v) is 8.70. The number of hydrogen-bond donors (Lipinski definition) is 0. The van der Waals surface area contributed by atoms with Crippen LogP contribution < -0.4 is 9.47 Å². The van der Waals surface area contributed by atoms with Crippen LogP contribution in [0, 0.1) is 35.5 Å². The number of nitrogens with zero attached hydrogens (tertiary/aromatic N) is 4. The van der Waals surface area contributed by atoms with Gasteiger partial charge in [-0.3, -0.25) is 0 Å². The lowest BCUT2D eigenvalue weighted by Gasteiger charge is -2.18. The summed E-state index contributed by atoms with van der Waals surface area (Å²) in [5, 5.41) is 8.27. The molecule has 230 valence electrons. The summed E-state index contributed by atoms with van der Waals surface area (Å²) in [5.74, 6) is 5.21. The quantitative estimate of drug-likeness (QED) is 0.345. The van der Waals surface area contributed by atoms with E-state index in [1.807, 2.05) is 41.5 Å². The molecule has 0 aromatic carbocycles. The molecule has 10 nitrogen and oxygen atoms in total. The minimum absolute atomic E-state index is 0.474. The molecule has 3 saturated carbocycles. The predicted molar refractivity (Wildman–Crippen MR) is 156 cm³/mol. The molecule has 2 unspecified atom stereocenters. The summed E-state index contributed by atoms with van der Waals surface area (Å²) in [6, 6.07) is 3.43. The summed E-state index contributed by atoms with van der Waals surface area (Å²) >= 11 is 0. The van der Waals surface area contributed by atoms with Crippen molar-refractivity contribution in [2.24, 2.45) is 35.5 Å². The topological polar surface area (TPSA) is 107 Å². The Morgan fingerprint density at radius 1 is 0.690 bits per heavy atom. The van der Waals surface area contributed by atoms with Crippen LogP contribution in [-0.2, 0) is 9.47 Å². The Hall–Kier alpha value is -3.30. The number of allylic oxidation sites excluding steroid dienone is 2. The average Bonchev–Trinajstić information content (AvgIpc) is 3.75. The molecule has 4 bridgehead atoms. The van der Waals surface area contributed by atoms with Gasteiger partial charge in [0.05, 0.1) is 13.2 Å². The molecule has 6 rings (SSSR count). The fourth-order valence-electron chi connectivity index (χ4n) is 6.75. The Morgan fingerprint density at radius 2 is 1.10 bits per heavy atom. The molecule has 0 aliphatic heterocycles. The van der Waals surface area contributed by atoms with Crippen molar-refractivity contribution in [3.05, 3.63) is 36.7 Å². The predicted octanol–water partition coefficient (Wildman–Crippen LogP) is 6.74. The van der Waals surface area contributed by atoms with Gasteiger partial charge in [-0.2, -0.15) is 9.36 Å². The third-order valence-electron chi connectivity index (χ3n) is 8.70. The SMILES string of the molecule is CC(C)(C)OC(=O)n1ccc(OCC2C3C=CC2CC3)n1.CC(C)(C)OC(=O)n1ccc(OCC2C3CCC2CC3)n1. The number of fused-ring (bicyclic) bond motifs is 4. The Morgan fingerprint density at radius 3 is 1.48 bits per heavy atom. The zero-order chi connectivity index (χ0) is 30.1. The molecule has 10 heteroatoms. The van der Waals surface area contributed by atoms with Crippen LogP contribution in [0.5, 0.6) is 11.8 Å². The number of hydrogen-bond acceptors (Lipinski definition) is 8. The highest BCUT2D eigenvalue weighted by Gasteiger charge is 2.42. The lowest BCUT2D eigenvalue weighted by molar-refractivity contribution is 0.0500. The van der Waals surface area contributed by atoms with E-state index >= 15 is 0 Å². The Balaban J connectivity index is 0.000000168. The van der Waals surface area contributed by atoms with E-state index in [9.17, 15) is 9.59 Å². The van der Waals surface area contributed by atoms with Crippen molar-refractivity contribution in [3.63, 3.8) is 0 Å². The van der Waals surface area contributed by atoms with Gasteiger partial charge >= 0.3 is 12.2 Å². The minimum atomic E-state index is -0.529. The van der Waals surface area contributed by atoms with E-state index in [0.717, 1.165) is 18.4 Å². The van der Waals surface area contributed by atoms with Crippen LogP contribution in [0.3, 0.4) is 0 Å². The molecule has 0 spiro atoms. The normalized spacial score (nSPS) is 27.5. The van der Waals surface area contributed by atoms with Gasteiger partial charge in [-0.15, -0.1) is 10.2 Å². The third kappa shape index (κ3) is 7.55. The van der Waals surface area contributed by atoms with Gasteiger partial charge in [-0.1, -0.05) is 12.2 Å². The van der Waals surface area contributed by atoms with Gasteiger partial charge in [0.2, 0.25) is 11.8 Å². The molecule has 0 radical (unpaired) electrons. The summed E-state index contributed by atoms with van der Waals surface area (Å²) in [4.78, 5) is 23.7. The summed E-state index contributed by atoms with van der Waals surface area (Å²) in [6.07, 6.45) is 14.8. The lowest BCUT2D eigenvalue weighted by atomic mass is 9.98. The molecular formula is C32H46N4O6. The van der Waals surface area contributed by atoms with Crippen molar-refractivity contribution in [1.29, 1.82) is 0 Å². The second-order valence-electron chi connectivity index (χ2n) is 14.1. The van der Waals surface area contributed by atoms with E-state index in [4.69, 9.17) is 18.9 Å². The van der Waals surface area contributed by atoms with E-state index in [0.29, 0.717) is 42.0 Å². The zero-order valence-corrected chi connectivity index (χ0v) is 25.8. The fourth-order valence-corrected chi connectivity index (χ4v) is 6.75. The van der Waals surface area contributed by atoms with Crippen LogP contribution in [-0.4, -0.2) is 56.2 Å². The van der Waals surface area contributed by atoms with E-state index < -0.39 is 23.4 Å². The molecular weight excluding hydrogens is 536 g/mol. The second kappa shape index (κ2) is 12.1. The molecule has 2 atom stereocenters. The van der Waals surface area contributed by atoms with Gasteiger partial charge in [0.25, 0.3) is 0 Å². The first kappa shape index (κ1) is 30.2. The average molecular weight is 583 g/mol. The molecule has 2 heterocycles. The van der Waals surface area contributed by atoms with Crippen molar-refractivity contribution >= 4 is 12.2 Å². The first-order valence-electron chi connectivity index (χ1n) is 15.4. The van der Waals surface area contributed by atoms with Gasteiger partial charge in [0.1, 0.15) is 11.2 Å². The standard InChI is InChI=1S/C16H24N2O3.C16H22N2O3/c2*1-16(2,3)21-15(19)18-9-8-14(17-18)20-10-13-11-4-5-12(13)7-6-11/h8-9,11-13H,4-7,10H2,1-3H3;4-5,8-9,11-13H,6-7,10H2,1-3H3. The van der Waals surface area contributed by atoms with Gasteiger partial charge in [0, 0.05) is 30.4 Å². The Bertz CT molecular complexity index is 1170. The first-order valence-corrected chi connectivity index (χ1v) is 15.4. The minimum Gasteiger partial charge on any atom is -0.476 e. The van der Waals surface area contributed by atoms with Crippen LogP contribution in [0.4, 0.5) is 9.59 Å². The largest absolute Gasteiger partial charge is 0.476 e. The van der Waals surface area contributed by atoms with Crippen molar-refractivity contribution < 1.29 is 28.5 Å². The van der Waals surface area contributed by atoms with Gasteiger partial charge in [0.15, 0.2) is 0 Å². The van der Waals surface area contributed by atoms with Crippen LogP contribution in [0.15, 0.2) is 36.7 Å². The molecule has 4 aliphatic rings. The van der Waals surface area contributed by atoms with E-state index in [1.165, 1.54) is 47.9 Å². The van der Waals surface area contributed by atoms with Gasteiger partial charge < -0.3 is 18.9 Å². The molecule has 2 aromatic heterocycles. The molecule has 42 heavy (non-hydrogen) atoms. The molecule has 4 aliphatic carbocycles. The monoisotopic (exact) mass is 582 g/mol. The van der Waals surface area contributed by atoms with Crippen LogP contribution >= 0.6 is 0 Å². The van der Waals surface area contributed by atoms with E-state index in [1.54, 1.807) is 24.5 Å². The molecule has 0 saturated heterocycles. The number of rotatable bonds is 6. The molecule has 2 aromatic rings. The maximum absolute atomic E-state index is 11.9. The van der Waals surface area contributed by atoms with Crippen molar-refractivity contribution in [3.8, 4) is 11.8 Å². The summed E-state index contributed by atoms with van der Waals surface area (Å²) in [7, 11) is 0. The highest BCUT2D eigenvalue weighted by atomic mass is 16.6. The number of ether oxygens (including phenoxy) is 4. The van der Waals surface area contributed by atoms with Crippen LogP contribution in [0.25, 0.3) is 0 Å². The summed E-state index contributed by atoms with van der Waals surface area (Å²) in [6.45, 7) is 12.4. The lowest BCUT2D eigenvalue weighted by Crippen LogP contribution is -2.27. The maximum Gasteiger partial charge on any atom is 0.435 e. The highest BCUT2D eigenvalue weighted by Crippen LogP contribution is 2.49. The van der Waals surface area contributed by atoms with Crippen LogP contribution in [0.1, 0.15) is 80.1 Å². The number of aromatic nitrogens is 4. The Labute approximate surface area is 248 Å². The summed E-state index contributed by atoms with van der Waals surface area (Å²) < 4.78 is 24.4. The van der Waals surface area contributed by atoms with Gasteiger partial charge in [-0.25, -0.2) is 9.59 Å². The highest BCUT2D eigenvalue weighted by molar-refractivity contribution is 5.70. The number of carbonyl (C=O) groups is 2. The van der Waals surface area contributed by atoms with E-state index in [2.05, 4.69) is 22.3 Å². The smallest absolute Gasteiger partial charge is 0.435 e. The maximum atomic E-state index is 11.9. The Kier molecular flexibility index (Phi) is 8.71. The van der Waals surface area contributed by atoms with Crippen molar-refractivity contribution in [2.75, 3.05) is 13.2 Å². The summed E-state index contributed by atoms with van der Waals surface area (Å²) in [5.41, 5.74) is -1.05. The second-order valence-corrected chi connectivity index (χ2v) is 14.1. The van der Waals surface area contributed by atoms with E-state index in [-0.39, 0.29) is 0 Å². The number of carbonyl (C=O) groups excluding carboxylic acids is 2. The van der Waals surface area contributed by atoms with Crippen molar-refractivity contribution in [1.82, 2.24) is 19.6 Å². The molecule has 0 amide bonds. The molecule has 0 N–H and O–H groups in total. The van der Waals surface area contributed by atoms with Crippen molar-refractivity contribution in [2.45, 2.75) is 91.3 Å². The fraction of sp³-hybridized carbons (Fsp3) is 0.688. The van der Waals surface area contributed by atoms with Crippen LogP contribution in [0.2, 0.25) is 0 Å².